The van der Waals surface area contributed by atoms with Crippen LogP contribution >= 0.6 is 11.3 Å². The lowest BCUT2D eigenvalue weighted by atomic mass is 10.5. The summed E-state index contributed by atoms with van der Waals surface area (Å²) in [5.41, 5.74) is 0. The molecule has 0 saturated heterocycles. The van der Waals surface area contributed by atoms with Crippen LogP contribution in [-0.4, -0.2) is 54.6 Å². The fraction of sp³-hybridized carbons (Fsp3) is 0.615. The quantitative estimate of drug-likeness (QED) is 0.602. The van der Waals surface area contributed by atoms with Crippen molar-refractivity contribution in [3.8, 4) is 0 Å². The summed E-state index contributed by atoms with van der Waals surface area (Å²) >= 11 is 1.53. The summed E-state index contributed by atoms with van der Waals surface area (Å²) in [6.45, 7) is 3.13. The number of aryl methyl sites for hydroxylation is 1. The fourth-order valence-corrected chi connectivity index (χ4v) is 2.34. The second-order valence-corrected chi connectivity index (χ2v) is 6.10. The molecule has 1 aromatic heterocycles. The number of hydrogen-bond donors (Lipinski definition) is 2. The first-order valence-corrected chi connectivity index (χ1v) is 7.77. The standard InChI is InChI=1S/C13H20F3N5OS/c1-4-17-12(19-6-10-18-5-9(2)23-10)20-7-11(22)21(3)8-13(14,15)16/h5H,4,6-8H2,1-3H3,(H2,17,19,20). The zero-order chi connectivity index (χ0) is 17.5. The number of aliphatic imine (C=N–C) groups is 1. The predicted octanol–water partition coefficient (Wildman–Crippen LogP) is 1.53. The molecule has 23 heavy (non-hydrogen) atoms. The highest BCUT2D eigenvalue weighted by Gasteiger charge is 2.30. The molecule has 0 fully saturated rings. The van der Waals surface area contributed by atoms with Gasteiger partial charge in [0.25, 0.3) is 0 Å². The molecule has 0 spiro atoms. The third kappa shape index (κ3) is 7.82. The molecule has 0 bridgehead atoms. The van der Waals surface area contributed by atoms with E-state index in [2.05, 4.69) is 20.6 Å². The van der Waals surface area contributed by atoms with Gasteiger partial charge in [0.15, 0.2) is 5.96 Å². The van der Waals surface area contributed by atoms with Crippen molar-refractivity contribution in [1.29, 1.82) is 0 Å². The van der Waals surface area contributed by atoms with Crippen LogP contribution in [0.5, 0.6) is 0 Å². The van der Waals surface area contributed by atoms with Crippen molar-refractivity contribution in [1.82, 2.24) is 20.5 Å². The molecule has 0 aromatic carbocycles. The van der Waals surface area contributed by atoms with Gasteiger partial charge in [-0.25, -0.2) is 9.98 Å². The summed E-state index contributed by atoms with van der Waals surface area (Å²) in [7, 11) is 1.10. The van der Waals surface area contributed by atoms with Crippen LogP contribution in [0.15, 0.2) is 11.2 Å². The summed E-state index contributed by atoms with van der Waals surface area (Å²) < 4.78 is 36.7. The number of guanidine groups is 1. The van der Waals surface area contributed by atoms with Crippen molar-refractivity contribution in [2.75, 3.05) is 26.7 Å². The Labute approximate surface area is 136 Å². The molecule has 1 amide bonds. The van der Waals surface area contributed by atoms with Crippen LogP contribution in [0.3, 0.4) is 0 Å². The number of nitrogens with one attached hydrogen (secondary N) is 2. The molecule has 1 aromatic rings. The average Bonchev–Trinajstić information content (AvgIpc) is 2.85. The number of halogens is 3. The highest BCUT2D eigenvalue weighted by atomic mass is 32.1. The zero-order valence-corrected chi connectivity index (χ0v) is 14.0. The normalized spacial score (nSPS) is 12.2. The van der Waals surface area contributed by atoms with Crippen LogP contribution in [-0.2, 0) is 11.3 Å². The molecule has 0 unspecified atom stereocenters. The van der Waals surface area contributed by atoms with Gasteiger partial charge < -0.3 is 15.5 Å². The molecule has 2 N–H and O–H groups in total. The first-order chi connectivity index (χ1) is 10.7. The van der Waals surface area contributed by atoms with E-state index in [0.717, 1.165) is 16.9 Å². The second-order valence-electron chi connectivity index (χ2n) is 4.78. The summed E-state index contributed by atoms with van der Waals surface area (Å²) in [5.74, 6) is -0.348. The molecule has 0 aliphatic heterocycles. The van der Waals surface area contributed by atoms with Gasteiger partial charge >= 0.3 is 6.18 Å². The maximum Gasteiger partial charge on any atom is 0.406 e. The number of thiazole rings is 1. The lowest BCUT2D eigenvalue weighted by Gasteiger charge is -2.18. The fourth-order valence-electron chi connectivity index (χ4n) is 1.61. The predicted molar refractivity (Wildman–Crippen MR) is 83.4 cm³/mol. The minimum Gasteiger partial charge on any atom is -0.357 e. The molecule has 0 atom stereocenters. The van der Waals surface area contributed by atoms with Crippen molar-refractivity contribution in [2.24, 2.45) is 4.99 Å². The zero-order valence-electron chi connectivity index (χ0n) is 13.2. The number of rotatable bonds is 6. The number of nitrogens with zero attached hydrogens (tertiary/aromatic N) is 3. The van der Waals surface area contributed by atoms with E-state index in [1.54, 1.807) is 6.20 Å². The number of alkyl halides is 3. The summed E-state index contributed by atoms with van der Waals surface area (Å²) in [5, 5.41) is 6.77. The van der Waals surface area contributed by atoms with Crippen molar-refractivity contribution in [3.63, 3.8) is 0 Å². The average molecular weight is 351 g/mol. The van der Waals surface area contributed by atoms with Crippen LogP contribution in [0.1, 0.15) is 16.8 Å². The van der Waals surface area contributed by atoms with Crippen LogP contribution in [0.2, 0.25) is 0 Å². The molecule has 130 valence electrons. The van der Waals surface area contributed by atoms with Gasteiger partial charge in [-0.2, -0.15) is 13.2 Å². The van der Waals surface area contributed by atoms with Gasteiger partial charge in [-0.1, -0.05) is 0 Å². The molecular formula is C13H20F3N5OS. The van der Waals surface area contributed by atoms with Crippen molar-refractivity contribution >= 4 is 23.2 Å². The molecule has 0 radical (unpaired) electrons. The van der Waals surface area contributed by atoms with Gasteiger partial charge in [0.1, 0.15) is 18.1 Å². The SMILES string of the molecule is CCNC(=NCC(=O)N(C)CC(F)(F)F)NCc1ncc(C)s1. The van der Waals surface area contributed by atoms with Crippen molar-refractivity contribution in [3.05, 3.63) is 16.1 Å². The van der Waals surface area contributed by atoms with E-state index in [1.165, 1.54) is 11.3 Å². The maximum absolute atomic E-state index is 12.2. The molecule has 0 saturated carbocycles. The van der Waals surface area contributed by atoms with Gasteiger partial charge in [-0.05, 0) is 13.8 Å². The Morgan fingerprint density at radius 2 is 2.13 bits per heavy atom. The first-order valence-electron chi connectivity index (χ1n) is 6.95. The van der Waals surface area contributed by atoms with E-state index >= 15 is 0 Å². The van der Waals surface area contributed by atoms with Crippen LogP contribution < -0.4 is 10.6 Å². The highest BCUT2D eigenvalue weighted by molar-refractivity contribution is 7.11. The Morgan fingerprint density at radius 3 is 2.65 bits per heavy atom. The van der Waals surface area contributed by atoms with Crippen molar-refractivity contribution in [2.45, 2.75) is 26.6 Å². The van der Waals surface area contributed by atoms with E-state index in [-0.39, 0.29) is 6.54 Å². The number of likely N-dealkylation sites (N-methyl/N-ethyl adjacent to an activating group) is 1. The number of hydrogen-bond acceptors (Lipinski definition) is 4. The second kappa shape index (κ2) is 8.70. The van der Waals surface area contributed by atoms with Crippen LogP contribution in [0.25, 0.3) is 0 Å². The van der Waals surface area contributed by atoms with Gasteiger partial charge in [-0.3, -0.25) is 4.79 Å². The van der Waals surface area contributed by atoms with Gasteiger partial charge in [-0.15, -0.1) is 11.3 Å². The topological polar surface area (TPSA) is 69.6 Å². The molecule has 1 rings (SSSR count). The maximum atomic E-state index is 12.2. The molecule has 0 aliphatic carbocycles. The third-order valence-corrected chi connectivity index (χ3v) is 3.55. The molecule has 0 aliphatic rings. The number of amides is 1. The first kappa shape index (κ1) is 19.2. The Bertz CT molecular complexity index is 544. The van der Waals surface area contributed by atoms with Crippen molar-refractivity contribution < 1.29 is 18.0 Å². The Balaban J connectivity index is 2.55. The number of carbonyl (C=O) groups excluding carboxylic acids is 1. The smallest absolute Gasteiger partial charge is 0.357 e. The lowest BCUT2D eigenvalue weighted by molar-refractivity contribution is -0.157. The largest absolute Gasteiger partial charge is 0.406 e. The Kier molecular flexibility index (Phi) is 7.27. The summed E-state index contributed by atoms with van der Waals surface area (Å²) in [6, 6.07) is 0. The molecule has 1 heterocycles. The van der Waals surface area contributed by atoms with E-state index in [9.17, 15) is 18.0 Å². The summed E-state index contributed by atoms with van der Waals surface area (Å²) in [6.07, 6.45) is -2.67. The molecule has 10 heteroatoms. The minimum absolute atomic E-state index is 0.356. The van der Waals surface area contributed by atoms with E-state index in [0.29, 0.717) is 23.9 Å². The lowest BCUT2D eigenvalue weighted by Crippen LogP contribution is -2.40. The molecular weight excluding hydrogens is 331 g/mol. The third-order valence-electron chi connectivity index (χ3n) is 2.64. The van der Waals surface area contributed by atoms with E-state index < -0.39 is 18.6 Å². The summed E-state index contributed by atoms with van der Waals surface area (Å²) in [4.78, 5) is 21.5. The van der Waals surface area contributed by atoms with Gasteiger partial charge in [0, 0.05) is 24.7 Å². The monoisotopic (exact) mass is 351 g/mol. The van der Waals surface area contributed by atoms with Crippen LogP contribution in [0, 0.1) is 6.92 Å². The minimum atomic E-state index is -4.42. The highest BCUT2D eigenvalue weighted by Crippen LogP contribution is 2.15. The van der Waals surface area contributed by atoms with Gasteiger partial charge in [0.05, 0.1) is 6.54 Å². The molecule has 6 nitrogen and oxygen atoms in total. The number of aromatic nitrogens is 1. The van der Waals surface area contributed by atoms with Gasteiger partial charge in [0.2, 0.25) is 5.91 Å². The van der Waals surface area contributed by atoms with Crippen LogP contribution in [0.4, 0.5) is 13.2 Å². The van der Waals surface area contributed by atoms with E-state index in [4.69, 9.17) is 0 Å². The van der Waals surface area contributed by atoms with E-state index in [1.807, 2.05) is 13.8 Å². The number of carbonyl (C=O) groups is 1. The Hall–Kier alpha value is -1.84. The Morgan fingerprint density at radius 1 is 1.43 bits per heavy atom.